The molecule has 29 heavy (non-hydrogen) atoms. The van der Waals surface area contributed by atoms with E-state index in [1.165, 1.54) is 6.07 Å². The first-order valence-electron chi connectivity index (χ1n) is 9.46. The van der Waals surface area contributed by atoms with Crippen LogP contribution in [0.15, 0.2) is 18.2 Å². The van der Waals surface area contributed by atoms with Crippen LogP contribution in [0.25, 0.3) is 0 Å². The molecule has 2 aliphatic rings. The molecule has 1 aromatic rings. The molecule has 0 spiro atoms. The van der Waals surface area contributed by atoms with Crippen LogP contribution in [0.1, 0.15) is 30.7 Å². The Labute approximate surface area is 172 Å². The van der Waals surface area contributed by atoms with Gasteiger partial charge in [0.2, 0.25) is 0 Å². The van der Waals surface area contributed by atoms with E-state index in [2.05, 4.69) is 4.90 Å². The van der Waals surface area contributed by atoms with Crippen molar-refractivity contribution in [1.82, 2.24) is 9.80 Å². The molecule has 1 saturated carbocycles. The second-order valence-corrected chi connectivity index (χ2v) is 7.61. The number of nitrogens with two attached hydrogens (primary N) is 1. The van der Waals surface area contributed by atoms with Crippen LogP contribution in [0.5, 0.6) is 0 Å². The summed E-state index contributed by atoms with van der Waals surface area (Å²) in [4.78, 5) is 15.1. The molecule has 2 fully saturated rings. The minimum atomic E-state index is -4.96. The van der Waals surface area contributed by atoms with Gasteiger partial charge in [0.1, 0.15) is 0 Å². The quantitative estimate of drug-likeness (QED) is 0.689. The van der Waals surface area contributed by atoms with Gasteiger partial charge < -0.3 is 15.5 Å². The van der Waals surface area contributed by atoms with Crippen molar-refractivity contribution in [3.05, 3.63) is 35.4 Å². The van der Waals surface area contributed by atoms with E-state index in [9.17, 15) is 26.7 Å². The van der Waals surface area contributed by atoms with Gasteiger partial charge in [-0.1, -0.05) is 6.07 Å². The summed E-state index contributed by atoms with van der Waals surface area (Å²) >= 11 is 0. The highest BCUT2D eigenvalue weighted by molar-refractivity contribution is 5.85. The highest BCUT2D eigenvalue weighted by Gasteiger charge is 2.52. The Morgan fingerprint density at radius 1 is 1.17 bits per heavy atom. The first-order valence-corrected chi connectivity index (χ1v) is 9.46. The first kappa shape index (κ1) is 23.8. The summed E-state index contributed by atoms with van der Waals surface area (Å²) in [6, 6.07) is 2.69. The smallest absolute Gasteiger partial charge is 0.331 e. The average molecular weight is 442 g/mol. The molecular formula is C19H25ClF5N3O. The first-order chi connectivity index (χ1) is 13.2. The number of carbonyl (C=O) groups is 1. The van der Waals surface area contributed by atoms with Crippen molar-refractivity contribution in [2.24, 2.45) is 11.7 Å². The number of nitrogens with zero attached hydrogens (tertiary/aromatic N) is 2. The molecule has 1 aliphatic heterocycles. The number of carbonyl (C=O) groups excluding carboxylic acids is 1. The van der Waals surface area contributed by atoms with E-state index in [0.717, 1.165) is 36.7 Å². The molecule has 1 amide bonds. The van der Waals surface area contributed by atoms with E-state index >= 15 is 0 Å². The van der Waals surface area contributed by atoms with Gasteiger partial charge >= 0.3 is 12.1 Å². The number of hydrogen-bond acceptors (Lipinski definition) is 3. The number of piperidine rings is 1. The third-order valence-electron chi connectivity index (χ3n) is 5.64. The van der Waals surface area contributed by atoms with Gasteiger partial charge in [-0.2, -0.15) is 13.2 Å². The maximum absolute atomic E-state index is 13.5. The summed E-state index contributed by atoms with van der Waals surface area (Å²) in [5, 5.41) is 0. The summed E-state index contributed by atoms with van der Waals surface area (Å²) in [6.45, 7) is 2.79. The third kappa shape index (κ3) is 5.79. The van der Waals surface area contributed by atoms with E-state index in [4.69, 9.17) is 5.73 Å². The molecule has 4 nitrogen and oxygen atoms in total. The van der Waals surface area contributed by atoms with Gasteiger partial charge in [-0.15, -0.1) is 12.4 Å². The number of rotatable bonds is 6. The molecule has 3 rings (SSSR count). The molecule has 2 unspecified atom stereocenters. The number of halogens is 6. The third-order valence-corrected chi connectivity index (χ3v) is 5.64. The maximum Gasteiger partial charge on any atom is 0.471 e. The molecule has 2 atom stereocenters. The number of likely N-dealkylation sites (tertiary alicyclic amines) is 1. The normalized spacial score (nSPS) is 22.8. The van der Waals surface area contributed by atoms with Gasteiger partial charge in [0.25, 0.3) is 0 Å². The summed E-state index contributed by atoms with van der Waals surface area (Å²) in [5.41, 5.74) is 5.95. The fraction of sp³-hybridized carbons (Fsp3) is 0.632. The van der Waals surface area contributed by atoms with Crippen LogP contribution < -0.4 is 5.73 Å². The molecule has 1 heterocycles. The van der Waals surface area contributed by atoms with Crippen LogP contribution >= 0.6 is 12.4 Å². The van der Waals surface area contributed by atoms with Crippen LogP contribution in [-0.4, -0.2) is 60.6 Å². The van der Waals surface area contributed by atoms with Crippen LogP contribution in [0.2, 0.25) is 0 Å². The summed E-state index contributed by atoms with van der Waals surface area (Å²) in [5.74, 6) is -4.32. The van der Waals surface area contributed by atoms with E-state index in [1.54, 1.807) is 0 Å². The minimum Gasteiger partial charge on any atom is -0.331 e. The second-order valence-electron chi connectivity index (χ2n) is 7.61. The van der Waals surface area contributed by atoms with Crippen molar-refractivity contribution >= 4 is 18.3 Å². The Hall–Kier alpha value is -1.45. The number of benzene rings is 1. The van der Waals surface area contributed by atoms with Crippen molar-refractivity contribution in [2.45, 2.75) is 37.4 Å². The Bertz CT molecular complexity index is 710. The summed E-state index contributed by atoms with van der Waals surface area (Å²) < 4.78 is 66.0. The molecule has 0 radical (unpaired) electrons. The summed E-state index contributed by atoms with van der Waals surface area (Å²) in [7, 11) is 0. The molecule has 1 aromatic carbocycles. The highest BCUT2D eigenvalue weighted by Crippen LogP contribution is 2.46. The molecule has 1 aliphatic carbocycles. The standard InChI is InChI=1S/C19H24F5N3O.ClH/c20-15-2-1-13(9-16(15)21)14-10-17(14)27(18(28)19(22,23)24)11-12-3-6-26(7-4-12)8-5-25;/h1-2,9,12,14,17H,3-8,10-11,25H2;1H. The van der Waals surface area contributed by atoms with E-state index in [1.807, 2.05) is 0 Å². The van der Waals surface area contributed by atoms with Crippen molar-refractivity contribution < 1.29 is 26.7 Å². The highest BCUT2D eigenvalue weighted by atomic mass is 35.5. The fourth-order valence-corrected chi connectivity index (χ4v) is 4.01. The lowest BCUT2D eigenvalue weighted by Crippen LogP contribution is -2.47. The zero-order chi connectivity index (χ0) is 20.5. The van der Waals surface area contributed by atoms with Gasteiger partial charge in [0.15, 0.2) is 11.6 Å². The SMILES string of the molecule is Cl.NCCN1CCC(CN(C(=O)C(F)(F)F)C2CC2c2ccc(F)c(F)c2)CC1. The van der Waals surface area contributed by atoms with E-state index < -0.39 is 35.7 Å². The Morgan fingerprint density at radius 3 is 2.38 bits per heavy atom. The predicted octanol–water partition coefficient (Wildman–Crippen LogP) is 3.30. The maximum atomic E-state index is 13.5. The number of alkyl halides is 3. The fourth-order valence-electron chi connectivity index (χ4n) is 4.01. The number of hydrogen-bond donors (Lipinski definition) is 1. The van der Waals surface area contributed by atoms with E-state index in [-0.39, 0.29) is 24.9 Å². The predicted molar refractivity (Wildman–Crippen MR) is 101 cm³/mol. The number of amides is 1. The zero-order valence-electron chi connectivity index (χ0n) is 15.8. The topological polar surface area (TPSA) is 49.6 Å². The Balaban J connectivity index is 0.00000300. The summed E-state index contributed by atoms with van der Waals surface area (Å²) in [6.07, 6.45) is -3.24. The molecule has 10 heteroatoms. The van der Waals surface area contributed by atoms with Crippen LogP contribution in [0.3, 0.4) is 0 Å². The molecular weight excluding hydrogens is 417 g/mol. The Kier molecular flexibility index (Phi) is 7.86. The van der Waals surface area contributed by atoms with Crippen molar-refractivity contribution in [2.75, 3.05) is 32.7 Å². The molecule has 1 saturated heterocycles. The van der Waals surface area contributed by atoms with Crippen LogP contribution in [0.4, 0.5) is 22.0 Å². The molecule has 2 N–H and O–H groups in total. The molecule has 164 valence electrons. The average Bonchev–Trinajstić information content (AvgIpc) is 3.43. The van der Waals surface area contributed by atoms with Gasteiger partial charge in [0, 0.05) is 31.6 Å². The minimum absolute atomic E-state index is 0. The van der Waals surface area contributed by atoms with Crippen LogP contribution in [-0.2, 0) is 4.79 Å². The van der Waals surface area contributed by atoms with Gasteiger partial charge in [-0.25, -0.2) is 8.78 Å². The molecule has 0 bridgehead atoms. The monoisotopic (exact) mass is 441 g/mol. The van der Waals surface area contributed by atoms with Crippen molar-refractivity contribution in [1.29, 1.82) is 0 Å². The van der Waals surface area contributed by atoms with Crippen molar-refractivity contribution in [3.8, 4) is 0 Å². The molecule has 0 aromatic heterocycles. The van der Waals surface area contributed by atoms with Crippen molar-refractivity contribution in [3.63, 3.8) is 0 Å². The zero-order valence-corrected chi connectivity index (χ0v) is 16.6. The van der Waals surface area contributed by atoms with E-state index in [0.29, 0.717) is 31.4 Å². The lowest BCUT2D eigenvalue weighted by atomic mass is 9.96. The second kappa shape index (κ2) is 9.57. The lowest BCUT2D eigenvalue weighted by molar-refractivity contribution is -0.187. The van der Waals surface area contributed by atoms with Gasteiger partial charge in [0.05, 0.1) is 0 Å². The lowest BCUT2D eigenvalue weighted by Gasteiger charge is -2.35. The van der Waals surface area contributed by atoms with Gasteiger partial charge in [-0.3, -0.25) is 4.79 Å². The van der Waals surface area contributed by atoms with Crippen LogP contribution in [0, 0.1) is 17.6 Å². The largest absolute Gasteiger partial charge is 0.471 e. The van der Waals surface area contributed by atoms with Gasteiger partial charge in [-0.05, 0) is 56.0 Å². The Morgan fingerprint density at radius 2 is 1.83 bits per heavy atom.